The second-order valence-corrected chi connectivity index (χ2v) is 4.76. The number of benzene rings is 1. The molecule has 2 rings (SSSR count). The Bertz CT molecular complexity index is 605. The monoisotopic (exact) mass is 426 g/mol. The smallest absolute Gasteiger partial charge is 0.218 e. The van der Waals surface area contributed by atoms with Crippen molar-refractivity contribution in [1.29, 1.82) is 0 Å². The molecule has 0 aliphatic rings. The molecule has 0 spiro atoms. The lowest BCUT2D eigenvalue weighted by Gasteiger charge is -2.13. The number of nitrogens with zero attached hydrogens (tertiary/aromatic N) is 2. The first kappa shape index (κ1) is 19.2. The number of methoxy groups -OCH3 is 1. The first-order valence-corrected chi connectivity index (χ1v) is 7.30. The number of halogens is 1. The number of nitrogens with one attached hydrogen (secondary N) is 2. The Morgan fingerprint density at radius 1 is 1.13 bits per heavy atom. The van der Waals surface area contributed by atoms with Crippen molar-refractivity contribution in [2.24, 2.45) is 4.99 Å². The quantitative estimate of drug-likeness (QED) is 0.424. The van der Waals surface area contributed by atoms with Crippen molar-refractivity contribution in [3.05, 3.63) is 59.8 Å². The highest BCUT2D eigenvalue weighted by atomic mass is 127. The molecular formula is C17H23IN4O. The van der Waals surface area contributed by atoms with Gasteiger partial charge in [-0.05, 0) is 18.1 Å². The fourth-order valence-corrected chi connectivity index (χ4v) is 2.11. The van der Waals surface area contributed by atoms with Gasteiger partial charge in [-0.2, -0.15) is 0 Å². The van der Waals surface area contributed by atoms with E-state index in [0.29, 0.717) is 12.4 Å². The normalized spacial score (nSPS) is 10.6. The van der Waals surface area contributed by atoms with Crippen molar-refractivity contribution in [1.82, 2.24) is 15.6 Å². The average Bonchev–Trinajstić information content (AvgIpc) is 2.59. The Labute approximate surface area is 154 Å². The molecule has 1 aromatic carbocycles. The number of guanidine groups is 1. The molecule has 1 aromatic heterocycles. The van der Waals surface area contributed by atoms with Gasteiger partial charge in [-0.15, -0.1) is 24.0 Å². The first-order chi connectivity index (χ1) is 10.8. The predicted octanol–water partition coefficient (Wildman–Crippen LogP) is 2.62. The molecule has 5 nitrogen and oxygen atoms in total. The van der Waals surface area contributed by atoms with E-state index in [4.69, 9.17) is 4.74 Å². The van der Waals surface area contributed by atoms with Crippen LogP contribution in [0.15, 0.2) is 53.7 Å². The maximum Gasteiger partial charge on any atom is 0.218 e. The fraction of sp³-hybridized carbons (Fsp3) is 0.294. The van der Waals surface area contributed by atoms with Crippen LogP contribution in [0.2, 0.25) is 0 Å². The third kappa shape index (κ3) is 6.43. The van der Waals surface area contributed by atoms with Gasteiger partial charge in [0.2, 0.25) is 5.88 Å². The van der Waals surface area contributed by atoms with Crippen LogP contribution >= 0.6 is 24.0 Å². The standard InChI is InChI=1S/C17H22N4O.HI/c1-18-17(20-12-10-14-7-4-3-5-8-14)21-13-15-9-6-11-19-16(15)22-2;/h3-9,11H,10,12-13H2,1-2H3,(H2,18,20,21);1H. The highest BCUT2D eigenvalue weighted by molar-refractivity contribution is 14.0. The number of hydrogen-bond acceptors (Lipinski definition) is 3. The van der Waals surface area contributed by atoms with Crippen LogP contribution in [0.5, 0.6) is 5.88 Å². The van der Waals surface area contributed by atoms with Gasteiger partial charge in [0.15, 0.2) is 5.96 Å². The topological polar surface area (TPSA) is 58.5 Å². The van der Waals surface area contributed by atoms with Gasteiger partial charge >= 0.3 is 0 Å². The minimum atomic E-state index is 0. The maximum absolute atomic E-state index is 5.24. The molecule has 0 atom stereocenters. The molecule has 6 heteroatoms. The van der Waals surface area contributed by atoms with Gasteiger partial charge in [0.1, 0.15) is 0 Å². The summed E-state index contributed by atoms with van der Waals surface area (Å²) in [6.45, 7) is 1.44. The second-order valence-electron chi connectivity index (χ2n) is 4.76. The van der Waals surface area contributed by atoms with Gasteiger partial charge < -0.3 is 15.4 Å². The van der Waals surface area contributed by atoms with E-state index in [-0.39, 0.29) is 24.0 Å². The Balaban J connectivity index is 0.00000264. The van der Waals surface area contributed by atoms with Crippen LogP contribution < -0.4 is 15.4 Å². The van der Waals surface area contributed by atoms with E-state index in [1.54, 1.807) is 20.4 Å². The number of aromatic nitrogens is 1. The summed E-state index contributed by atoms with van der Waals surface area (Å²) in [6, 6.07) is 14.3. The van der Waals surface area contributed by atoms with E-state index < -0.39 is 0 Å². The van der Waals surface area contributed by atoms with Crippen LogP contribution in [0.3, 0.4) is 0 Å². The minimum absolute atomic E-state index is 0. The van der Waals surface area contributed by atoms with Crippen LogP contribution in [0, 0.1) is 0 Å². The number of ether oxygens (including phenoxy) is 1. The molecule has 0 unspecified atom stereocenters. The molecule has 124 valence electrons. The van der Waals surface area contributed by atoms with Crippen LogP contribution in [0.1, 0.15) is 11.1 Å². The summed E-state index contributed by atoms with van der Waals surface area (Å²) >= 11 is 0. The lowest BCUT2D eigenvalue weighted by molar-refractivity contribution is 0.392. The molecule has 0 bridgehead atoms. The molecule has 0 aliphatic carbocycles. The summed E-state index contributed by atoms with van der Waals surface area (Å²) in [5.41, 5.74) is 2.30. The Kier molecular flexibility index (Phi) is 9.04. The predicted molar refractivity (Wildman–Crippen MR) is 105 cm³/mol. The van der Waals surface area contributed by atoms with Crippen LogP contribution in [-0.2, 0) is 13.0 Å². The van der Waals surface area contributed by atoms with E-state index in [9.17, 15) is 0 Å². The zero-order valence-corrected chi connectivity index (χ0v) is 15.8. The Hall–Kier alpha value is -1.83. The molecule has 0 radical (unpaired) electrons. The molecule has 1 heterocycles. The van der Waals surface area contributed by atoms with Gasteiger partial charge in [0, 0.05) is 31.9 Å². The highest BCUT2D eigenvalue weighted by Gasteiger charge is 2.04. The van der Waals surface area contributed by atoms with Gasteiger partial charge in [-0.3, -0.25) is 4.99 Å². The van der Waals surface area contributed by atoms with Crippen molar-refractivity contribution in [2.45, 2.75) is 13.0 Å². The average molecular weight is 426 g/mol. The summed E-state index contributed by atoms with van der Waals surface area (Å²) in [5, 5.41) is 6.57. The largest absolute Gasteiger partial charge is 0.481 e. The summed E-state index contributed by atoms with van der Waals surface area (Å²) in [6.07, 6.45) is 2.67. The Morgan fingerprint density at radius 3 is 2.61 bits per heavy atom. The van der Waals surface area contributed by atoms with E-state index in [2.05, 4.69) is 44.9 Å². The lowest BCUT2D eigenvalue weighted by atomic mass is 10.1. The number of pyridine rings is 1. The van der Waals surface area contributed by atoms with Gasteiger partial charge in [0.25, 0.3) is 0 Å². The van der Waals surface area contributed by atoms with Crippen molar-refractivity contribution in [2.75, 3.05) is 20.7 Å². The van der Waals surface area contributed by atoms with Crippen molar-refractivity contribution in [3.8, 4) is 5.88 Å². The third-order valence-corrected chi connectivity index (χ3v) is 3.26. The van der Waals surface area contributed by atoms with Gasteiger partial charge in [-0.25, -0.2) is 4.98 Å². The molecule has 0 amide bonds. The summed E-state index contributed by atoms with van der Waals surface area (Å²) in [5.74, 6) is 1.40. The van der Waals surface area contributed by atoms with Gasteiger partial charge in [0.05, 0.1) is 7.11 Å². The Morgan fingerprint density at radius 2 is 1.91 bits per heavy atom. The van der Waals surface area contributed by atoms with Crippen molar-refractivity contribution < 1.29 is 4.74 Å². The summed E-state index contributed by atoms with van der Waals surface area (Å²) < 4.78 is 5.24. The number of aliphatic imine (C=N–C) groups is 1. The fourth-order valence-electron chi connectivity index (χ4n) is 2.11. The summed E-state index contributed by atoms with van der Waals surface area (Å²) in [7, 11) is 3.39. The van der Waals surface area contributed by atoms with Crippen LogP contribution in [0.25, 0.3) is 0 Å². The van der Waals surface area contributed by atoms with Crippen LogP contribution in [-0.4, -0.2) is 31.6 Å². The third-order valence-electron chi connectivity index (χ3n) is 3.26. The molecule has 0 aliphatic heterocycles. The highest BCUT2D eigenvalue weighted by Crippen LogP contribution is 2.12. The van der Waals surface area contributed by atoms with Crippen LogP contribution in [0.4, 0.5) is 0 Å². The molecular weight excluding hydrogens is 403 g/mol. The minimum Gasteiger partial charge on any atom is -0.481 e. The number of rotatable bonds is 6. The summed E-state index contributed by atoms with van der Waals surface area (Å²) in [4.78, 5) is 8.40. The van der Waals surface area contributed by atoms with Crippen molar-refractivity contribution in [3.63, 3.8) is 0 Å². The lowest BCUT2D eigenvalue weighted by Crippen LogP contribution is -2.37. The van der Waals surface area contributed by atoms with Crippen molar-refractivity contribution >= 4 is 29.9 Å². The molecule has 2 aromatic rings. The zero-order valence-electron chi connectivity index (χ0n) is 13.5. The van der Waals surface area contributed by atoms with E-state index >= 15 is 0 Å². The van der Waals surface area contributed by atoms with Gasteiger partial charge in [-0.1, -0.05) is 36.4 Å². The SMILES string of the molecule is CN=C(NCCc1ccccc1)NCc1cccnc1OC.I. The first-order valence-electron chi connectivity index (χ1n) is 7.30. The van der Waals surface area contributed by atoms with E-state index in [0.717, 1.165) is 24.5 Å². The molecule has 0 fully saturated rings. The zero-order chi connectivity index (χ0) is 15.6. The number of hydrogen-bond donors (Lipinski definition) is 2. The second kappa shape index (κ2) is 10.8. The van der Waals surface area contributed by atoms with E-state index in [1.165, 1.54) is 5.56 Å². The maximum atomic E-state index is 5.24. The molecule has 23 heavy (non-hydrogen) atoms. The molecule has 0 saturated carbocycles. The molecule has 0 saturated heterocycles. The molecule has 2 N–H and O–H groups in total. The van der Waals surface area contributed by atoms with E-state index in [1.807, 2.05) is 18.2 Å².